The van der Waals surface area contributed by atoms with Crippen LogP contribution in [-0.4, -0.2) is 40.2 Å². The standard InChI is InChI=1S/C19H25FN4O/c1-14(2)24-17(9-10-22-24)19(25)21-13-18(23-11-3-4-12-23)15-5-7-16(20)8-6-15/h5-10,14,18H,3-4,11-13H2,1-2H3,(H,21,25)/t18-/m1/s1. The minimum atomic E-state index is -0.242. The lowest BCUT2D eigenvalue weighted by Gasteiger charge is -2.28. The molecule has 1 atom stereocenters. The molecule has 1 saturated heterocycles. The summed E-state index contributed by atoms with van der Waals surface area (Å²) in [5, 5.41) is 7.25. The van der Waals surface area contributed by atoms with Crippen LogP contribution in [0.15, 0.2) is 36.5 Å². The van der Waals surface area contributed by atoms with Crippen LogP contribution in [-0.2, 0) is 0 Å². The van der Waals surface area contributed by atoms with Crippen molar-refractivity contribution >= 4 is 5.91 Å². The molecule has 25 heavy (non-hydrogen) atoms. The molecule has 1 aliphatic heterocycles. The number of nitrogens with zero attached hydrogens (tertiary/aromatic N) is 3. The van der Waals surface area contributed by atoms with E-state index in [0.29, 0.717) is 12.2 Å². The average molecular weight is 344 g/mol. The van der Waals surface area contributed by atoms with Crippen LogP contribution in [0.3, 0.4) is 0 Å². The number of nitrogens with one attached hydrogen (secondary N) is 1. The Kier molecular flexibility index (Phi) is 5.48. The van der Waals surface area contributed by atoms with Crippen LogP contribution >= 0.6 is 0 Å². The third-order valence-corrected chi connectivity index (χ3v) is 4.68. The number of halogens is 1. The summed E-state index contributed by atoms with van der Waals surface area (Å²) in [4.78, 5) is 14.9. The molecule has 0 radical (unpaired) electrons. The van der Waals surface area contributed by atoms with Gasteiger partial charge in [0.05, 0.1) is 6.04 Å². The van der Waals surface area contributed by atoms with E-state index in [2.05, 4.69) is 15.3 Å². The molecule has 6 heteroatoms. The van der Waals surface area contributed by atoms with Crippen molar-refractivity contribution in [3.63, 3.8) is 0 Å². The van der Waals surface area contributed by atoms with Crippen molar-refractivity contribution < 1.29 is 9.18 Å². The Hall–Kier alpha value is -2.21. The van der Waals surface area contributed by atoms with Gasteiger partial charge in [0.1, 0.15) is 11.5 Å². The molecule has 0 aliphatic carbocycles. The number of hydrogen-bond acceptors (Lipinski definition) is 3. The SMILES string of the molecule is CC(C)n1nccc1C(=O)NC[C@H](c1ccc(F)cc1)N1CCCC1. The second kappa shape index (κ2) is 7.78. The Bertz CT molecular complexity index is 704. The smallest absolute Gasteiger partial charge is 0.269 e. The predicted octanol–water partition coefficient (Wildman–Crippen LogP) is 3.17. The molecule has 3 rings (SSSR count). The van der Waals surface area contributed by atoms with Crippen molar-refractivity contribution in [3.8, 4) is 0 Å². The fourth-order valence-corrected chi connectivity index (χ4v) is 3.38. The van der Waals surface area contributed by atoms with E-state index in [1.54, 1.807) is 16.9 Å². The minimum Gasteiger partial charge on any atom is -0.349 e. The molecule has 0 spiro atoms. The number of likely N-dealkylation sites (tertiary alicyclic amines) is 1. The molecule has 5 nitrogen and oxygen atoms in total. The van der Waals surface area contributed by atoms with Gasteiger partial charge in [-0.25, -0.2) is 4.39 Å². The van der Waals surface area contributed by atoms with Gasteiger partial charge in [-0.05, 0) is 63.5 Å². The van der Waals surface area contributed by atoms with Gasteiger partial charge in [-0.1, -0.05) is 12.1 Å². The molecule has 1 N–H and O–H groups in total. The van der Waals surface area contributed by atoms with E-state index in [-0.39, 0.29) is 23.8 Å². The van der Waals surface area contributed by atoms with Gasteiger partial charge < -0.3 is 5.32 Å². The quantitative estimate of drug-likeness (QED) is 0.876. The van der Waals surface area contributed by atoms with Crippen LogP contribution in [0, 0.1) is 5.82 Å². The number of carbonyl (C=O) groups is 1. The summed E-state index contributed by atoms with van der Waals surface area (Å²) in [7, 11) is 0. The van der Waals surface area contributed by atoms with Crippen LogP contribution in [0.5, 0.6) is 0 Å². The molecule has 1 aromatic heterocycles. The molecule has 0 saturated carbocycles. The highest BCUT2D eigenvalue weighted by molar-refractivity contribution is 5.92. The summed E-state index contributed by atoms with van der Waals surface area (Å²) < 4.78 is 15.0. The van der Waals surface area contributed by atoms with Crippen molar-refractivity contribution in [1.82, 2.24) is 20.0 Å². The van der Waals surface area contributed by atoms with Crippen molar-refractivity contribution in [1.29, 1.82) is 0 Å². The Labute approximate surface area is 147 Å². The van der Waals surface area contributed by atoms with Crippen LogP contribution in [0.4, 0.5) is 4.39 Å². The maximum Gasteiger partial charge on any atom is 0.269 e. The molecular formula is C19H25FN4O. The molecule has 2 heterocycles. The molecule has 1 aliphatic rings. The van der Waals surface area contributed by atoms with Gasteiger partial charge in [0, 0.05) is 18.8 Å². The number of hydrogen-bond donors (Lipinski definition) is 1. The van der Waals surface area contributed by atoms with E-state index < -0.39 is 0 Å². The second-order valence-corrected chi connectivity index (χ2v) is 6.78. The first-order chi connectivity index (χ1) is 12.1. The molecule has 1 aromatic carbocycles. The Morgan fingerprint density at radius 1 is 1.20 bits per heavy atom. The highest BCUT2D eigenvalue weighted by Gasteiger charge is 2.24. The molecule has 1 amide bonds. The molecule has 2 aromatic rings. The highest BCUT2D eigenvalue weighted by Crippen LogP contribution is 2.25. The molecular weight excluding hydrogens is 319 g/mol. The van der Waals surface area contributed by atoms with Crippen LogP contribution in [0.2, 0.25) is 0 Å². The molecule has 0 bridgehead atoms. The Morgan fingerprint density at radius 2 is 1.88 bits per heavy atom. The Balaban J connectivity index is 1.73. The maximum absolute atomic E-state index is 13.3. The largest absolute Gasteiger partial charge is 0.349 e. The van der Waals surface area contributed by atoms with Gasteiger partial charge in [0.2, 0.25) is 0 Å². The molecule has 1 fully saturated rings. The molecule has 134 valence electrons. The van der Waals surface area contributed by atoms with E-state index >= 15 is 0 Å². The zero-order valence-electron chi connectivity index (χ0n) is 14.8. The fourth-order valence-electron chi connectivity index (χ4n) is 3.38. The first-order valence-corrected chi connectivity index (χ1v) is 8.87. The Morgan fingerprint density at radius 3 is 2.52 bits per heavy atom. The number of amides is 1. The normalized spacial score (nSPS) is 16.3. The van der Waals surface area contributed by atoms with E-state index in [1.165, 1.54) is 12.1 Å². The summed E-state index contributed by atoms with van der Waals surface area (Å²) in [6.07, 6.45) is 3.96. The van der Waals surface area contributed by atoms with Gasteiger partial charge in [0.15, 0.2) is 0 Å². The topological polar surface area (TPSA) is 50.2 Å². The van der Waals surface area contributed by atoms with Crippen molar-refractivity contribution in [3.05, 3.63) is 53.6 Å². The number of rotatable bonds is 6. The van der Waals surface area contributed by atoms with E-state index in [0.717, 1.165) is 31.5 Å². The third kappa shape index (κ3) is 4.07. The number of benzene rings is 1. The second-order valence-electron chi connectivity index (χ2n) is 6.78. The summed E-state index contributed by atoms with van der Waals surface area (Å²) in [5.74, 6) is -0.369. The lowest BCUT2D eigenvalue weighted by atomic mass is 10.1. The predicted molar refractivity (Wildman–Crippen MR) is 94.9 cm³/mol. The van der Waals surface area contributed by atoms with Crippen molar-refractivity contribution in [2.45, 2.75) is 38.8 Å². The van der Waals surface area contributed by atoms with Gasteiger partial charge >= 0.3 is 0 Å². The van der Waals surface area contributed by atoms with E-state index in [9.17, 15) is 9.18 Å². The fraction of sp³-hybridized carbons (Fsp3) is 0.474. The van der Waals surface area contributed by atoms with Gasteiger partial charge in [0.25, 0.3) is 5.91 Å². The molecule has 0 unspecified atom stereocenters. The van der Waals surface area contributed by atoms with Crippen LogP contribution in [0.25, 0.3) is 0 Å². The summed E-state index contributed by atoms with van der Waals surface area (Å²) >= 11 is 0. The summed E-state index contributed by atoms with van der Waals surface area (Å²) in [5.41, 5.74) is 1.59. The number of carbonyl (C=O) groups excluding carboxylic acids is 1. The number of aromatic nitrogens is 2. The van der Waals surface area contributed by atoms with E-state index in [4.69, 9.17) is 0 Å². The summed E-state index contributed by atoms with van der Waals surface area (Å²) in [6.45, 7) is 6.49. The van der Waals surface area contributed by atoms with Gasteiger partial charge in [-0.15, -0.1) is 0 Å². The monoisotopic (exact) mass is 344 g/mol. The third-order valence-electron chi connectivity index (χ3n) is 4.68. The lowest BCUT2D eigenvalue weighted by Crippen LogP contribution is -2.37. The van der Waals surface area contributed by atoms with E-state index in [1.807, 2.05) is 26.0 Å². The minimum absolute atomic E-state index is 0.0578. The van der Waals surface area contributed by atoms with Gasteiger partial charge in [-0.2, -0.15) is 5.10 Å². The lowest BCUT2D eigenvalue weighted by molar-refractivity contribution is 0.0925. The van der Waals surface area contributed by atoms with Crippen molar-refractivity contribution in [2.75, 3.05) is 19.6 Å². The zero-order valence-corrected chi connectivity index (χ0v) is 14.8. The zero-order chi connectivity index (χ0) is 17.8. The van der Waals surface area contributed by atoms with Crippen LogP contribution < -0.4 is 5.32 Å². The first kappa shape index (κ1) is 17.6. The summed E-state index contributed by atoms with van der Waals surface area (Å²) in [6, 6.07) is 8.50. The first-order valence-electron chi connectivity index (χ1n) is 8.87. The van der Waals surface area contributed by atoms with Crippen molar-refractivity contribution in [2.24, 2.45) is 0 Å². The highest BCUT2D eigenvalue weighted by atomic mass is 19.1. The van der Waals surface area contributed by atoms with Crippen LogP contribution in [0.1, 0.15) is 54.8 Å². The average Bonchev–Trinajstić information content (AvgIpc) is 3.28. The maximum atomic E-state index is 13.3. The van der Waals surface area contributed by atoms with Gasteiger partial charge in [-0.3, -0.25) is 14.4 Å².